The van der Waals surface area contributed by atoms with E-state index in [1.807, 2.05) is 7.05 Å². The Morgan fingerprint density at radius 3 is 2.90 bits per heavy atom. The number of aliphatic hydroxyl groups is 1. The maximum Gasteiger partial charge on any atom is 0.162 e. The second-order valence-electron chi connectivity index (χ2n) is 5.21. The number of fused-ring (bicyclic) bond motifs is 1. The van der Waals surface area contributed by atoms with Crippen molar-refractivity contribution in [2.45, 2.75) is 31.8 Å². The lowest BCUT2D eigenvalue weighted by Gasteiger charge is -2.36. The molecule has 0 radical (unpaired) electrons. The van der Waals surface area contributed by atoms with Gasteiger partial charge >= 0.3 is 0 Å². The smallest absolute Gasteiger partial charge is 0.162 e. The molecule has 108 valence electrons. The van der Waals surface area contributed by atoms with Crippen LogP contribution in [-0.4, -0.2) is 48.9 Å². The SMILES string of the molecule is Cn1ncc2c(Cl)nc(CN(CCO)C3CCC3)nc21. The van der Waals surface area contributed by atoms with Crippen molar-refractivity contribution in [1.29, 1.82) is 0 Å². The van der Waals surface area contributed by atoms with E-state index in [0.717, 1.165) is 11.0 Å². The molecular formula is C13H18ClN5O. The van der Waals surface area contributed by atoms with Gasteiger partial charge in [-0.05, 0) is 12.8 Å². The first-order chi connectivity index (χ1) is 9.69. The minimum atomic E-state index is 0.151. The summed E-state index contributed by atoms with van der Waals surface area (Å²) in [5.41, 5.74) is 0.748. The van der Waals surface area contributed by atoms with Gasteiger partial charge in [0.1, 0.15) is 11.0 Å². The van der Waals surface area contributed by atoms with Crippen LogP contribution in [0.1, 0.15) is 25.1 Å². The molecule has 0 amide bonds. The van der Waals surface area contributed by atoms with Gasteiger partial charge in [-0.15, -0.1) is 0 Å². The molecule has 1 fully saturated rings. The summed E-state index contributed by atoms with van der Waals surface area (Å²) < 4.78 is 1.70. The number of hydrogen-bond acceptors (Lipinski definition) is 5. The van der Waals surface area contributed by atoms with Gasteiger partial charge in [0.05, 0.1) is 24.7 Å². The Morgan fingerprint density at radius 1 is 1.45 bits per heavy atom. The molecule has 6 nitrogen and oxygen atoms in total. The summed E-state index contributed by atoms with van der Waals surface area (Å²) in [7, 11) is 1.84. The Balaban J connectivity index is 1.86. The quantitative estimate of drug-likeness (QED) is 0.844. The van der Waals surface area contributed by atoms with Crippen molar-refractivity contribution in [3.05, 3.63) is 17.2 Å². The van der Waals surface area contributed by atoms with E-state index in [1.165, 1.54) is 19.3 Å². The van der Waals surface area contributed by atoms with Gasteiger partial charge in [-0.1, -0.05) is 18.0 Å². The van der Waals surface area contributed by atoms with Crippen LogP contribution in [0.15, 0.2) is 6.20 Å². The van der Waals surface area contributed by atoms with Gasteiger partial charge in [0.25, 0.3) is 0 Å². The number of aliphatic hydroxyl groups excluding tert-OH is 1. The van der Waals surface area contributed by atoms with E-state index in [4.69, 9.17) is 11.6 Å². The first-order valence-electron chi connectivity index (χ1n) is 6.88. The molecule has 1 aliphatic rings. The molecule has 0 aromatic carbocycles. The van der Waals surface area contributed by atoms with Gasteiger partial charge < -0.3 is 5.11 Å². The van der Waals surface area contributed by atoms with Crippen LogP contribution in [0.25, 0.3) is 11.0 Å². The van der Waals surface area contributed by atoms with Crippen molar-refractivity contribution in [1.82, 2.24) is 24.6 Å². The Kier molecular flexibility index (Phi) is 3.87. The van der Waals surface area contributed by atoms with Crippen LogP contribution in [-0.2, 0) is 13.6 Å². The van der Waals surface area contributed by atoms with E-state index in [2.05, 4.69) is 20.0 Å². The summed E-state index contributed by atoms with van der Waals surface area (Å²) in [5.74, 6) is 0.687. The van der Waals surface area contributed by atoms with Crippen LogP contribution >= 0.6 is 11.6 Å². The molecule has 2 aromatic heterocycles. The predicted octanol–water partition coefficient (Wildman–Crippen LogP) is 1.36. The summed E-state index contributed by atoms with van der Waals surface area (Å²) in [5, 5.41) is 14.6. The minimum Gasteiger partial charge on any atom is -0.395 e. The fraction of sp³-hybridized carbons (Fsp3) is 0.615. The lowest BCUT2D eigenvalue weighted by molar-refractivity contribution is 0.0921. The van der Waals surface area contributed by atoms with E-state index in [9.17, 15) is 5.11 Å². The molecule has 2 aromatic rings. The maximum atomic E-state index is 9.20. The standard InChI is InChI=1S/C13H18ClN5O/c1-18-13-10(7-15-18)12(14)16-11(17-13)8-19(5-6-20)9-3-2-4-9/h7,9,20H,2-6,8H2,1H3. The Bertz CT molecular complexity index is 610. The van der Waals surface area contributed by atoms with E-state index >= 15 is 0 Å². The number of aryl methyl sites for hydroxylation is 1. The lowest BCUT2D eigenvalue weighted by Crippen LogP contribution is -2.41. The van der Waals surface area contributed by atoms with Gasteiger partial charge in [-0.3, -0.25) is 9.58 Å². The Labute approximate surface area is 122 Å². The highest BCUT2D eigenvalue weighted by atomic mass is 35.5. The fourth-order valence-electron chi connectivity index (χ4n) is 2.55. The van der Waals surface area contributed by atoms with Crippen molar-refractivity contribution >= 4 is 22.6 Å². The Hall–Kier alpha value is -1.24. The molecule has 0 bridgehead atoms. The molecule has 1 aliphatic carbocycles. The van der Waals surface area contributed by atoms with Crippen LogP contribution in [0.2, 0.25) is 5.15 Å². The van der Waals surface area contributed by atoms with E-state index < -0.39 is 0 Å². The third-order valence-electron chi connectivity index (χ3n) is 3.91. The van der Waals surface area contributed by atoms with Crippen LogP contribution < -0.4 is 0 Å². The minimum absolute atomic E-state index is 0.151. The molecule has 0 atom stereocenters. The van der Waals surface area contributed by atoms with Gasteiger partial charge in [0.15, 0.2) is 5.65 Å². The summed E-state index contributed by atoms with van der Waals surface area (Å²) in [6.07, 6.45) is 5.30. The third-order valence-corrected chi connectivity index (χ3v) is 4.20. The van der Waals surface area contributed by atoms with Gasteiger partial charge in [0.2, 0.25) is 0 Å². The number of hydrogen-bond donors (Lipinski definition) is 1. The number of aromatic nitrogens is 4. The Morgan fingerprint density at radius 2 is 2.25 bits per heavy atom. The molecule has 0 saturated heterocycles. The summed E-state index contributed by atoms with van der Waals surface area (Å²) in [6, 6.07) is 0.534. The van der Waals surface area contributed by atoms with Crippen LogP contribution in [0.3, 0.4) is 0 Å². The number of nitrogens with zero attached hydrogens (tertiary/aromatic N) is 5. The molecule has 20 heavy (non-hydrogen) atoms. The summed E-state index contributed by atoms with van der Waals surface area (Å²) in [4.78, 5) is 11.1. The fourth-order valence-corrected chi connectivity index (χ4v) is 2.78. The maximum absolute atomic E-state index is 9.20. The summed E-state index contributed by atoms with van der Waals surface area (Å²) in [6.45, 7) is 1.42. The molecule has 1 N–H and O–H groups in total. The molecular weight excluding hydrogens is 278 g/mol. The number of rotatable bonds is 5. The molecule has 2 heterocycles. The first-order valence-corrected chi connectivity index (χ1v) is 7.26. The number of halogens is 1. The zero-order chi connectivity index (χ0) is 14.1. The van der Waals surface area contributed by atoms with E-state index in [0.29, 0.717) is 30.1 Å². The van der Waals surface area contributed by atoms with Crippen LogP contribution in [0, 0.1) is 0 Å². The van der Waals surface area contributed by atoms with E-state index in [1.54, 1.807) is 10.9 Å². The highest BCUT2D eigenvalue weighted by Gasteiger charge is 2.25. The second kappa shape index (κ2) is 5.63. The van der Waals surface area contributed by atoms with Gasteiger partial charge in [-0.2, -0.15) is 5.10 Å². The van der Waals surface area contributed by atoms with Crippen LogP contribution in [0.4, 0.5) is 0 Å². The first kappa shape index (κ1) is 13.7. The average molecular weight is 296 g/mol. The van der Waals surface area contributed by atoms with Crippen molar-refractivity contribution in [2.75, 3.05) is 13.2 Å². The molecule has 0 aliphatic heterocycles. The van der Waals surface area contributed by atoms with Crippen LogP contribution in [0.5, 0.6) is 0 Å². The molecule has 0 unspecified atom stereocenters. The van der Waals surface area contributed by atoms with Crippen molar-refractivity contribution in [3.63, 3.8) is 0 Å². The third kappa shape index (κ3) is 2.51. The molecule has 0 spiro atoms. The van der Waals surface area contributed by atoms with Crippen molar-refractivity contribution in [3.8, 4) is 0 Å². The van der Waals surface area contributed by atoms with E-state index in [-0.39, 0.29) is 6.61 Å². The average Bonchev–Trinajstić information content (AvgIpc) is 2.70. The molecule has 7 heteroatoms. The molecule has 3 rings (SSSR count). The zero-order valence-electron chi connectivity index (χ0n) is 11.5. The topological polar surface area (TPSA) is 67.1 Å². The van der Waals surface area contributed by atoms with Gasteiger partial charge in [-0.25, -0.2) is 9.97 Å². The zero-order valence-corrected chi connectivity index (χ0v) is 12.2. The van der Waals surface area contributed by atoms with Crippen molar-refractivity contribution < 1.29 is 5.11 Å². The normalized spacial score (nSPS) is 16.0. The highest BCUT2D eigenvalue weighted by Crippen LogP contribution is 2.26. The van der Waals surface area contributed by atoms with Crippen molar-refractivity contribution in [2.24, 2.45) is 7.05 Å². The predicted molar refractivity (Wildman–Crippen MR) is 76.4 cm³/mol. The lowest BCUT2D eigenvalue weighted by atomic mass is 9.91. The second-order valence-corrected chi connectivity index (χ2v) is 5.57. The largest absolute Gasteiger partial charge is 0.395 e. The monoisotopic (exact) mass is 295 g/mol. The molecule has 1 saturated carbocycles. The highest BCUT2D eigenvalue weighted by molar-refractivity contribution is 6.33. The summed E-state index contributed by atoms with van der Waals surface area (Å²) >= 11 is 6.19. The van der Waals surface area contributed by atoms with Gasteiger partial charge in [0, 0.05) is 19.6 Å².